The van der Waals surface area contributed by atoms with Crippen LogP contribution in [-0.4, -0.2) is 58.5 Å². The summed E-state index contributed by atoms with van der Waals surface area (Å²) < 4.78 is 5.16. The molecule has 0 spiro atoms. The highest BCUT2D eigenvalue weighted by atomic mass is 16.5. The summed E-state index contributed by atoms with van der Waals surface area (Å²) in [5, 5.41) is 13.1. The van der Waals surface area contributed by atoms with Gasteiger partial charge < -0.3 is 20.1 Å². The zero-order valence-corrected chi connectivity index (χ0v) is 21.9. The van der Waals surface area contributed by atoms with Crippen LogP contribution in [-0.2, 0) is 16.6 Å². The molecule has 0 radical (unpaired) electrons. The molecule has 196 valence electrons. The molecule has 0 bridgehead atoms. The Morgan fingerprint density at radius 2 is 1.84 bits per heavy atom. The Morgan fingerprint density at radius 1 is 1.05 bits per heavy atom. The van der Waals surface area contributed by atoms with Crippen LogP contribution < -0.4 is 10.1 Å². The quantitative estimate of drug-likeness (QED) is 0.226. The van der Waals surface area contributed by atoms with Crippen LogP contribution in [0.2, 0.25) is 0 Å². The Morgan fingerprint density at radius 3 is 2.61 bits per heavy atom. The van der Waals surface area contributed by atoms with Gasteiger partial charge in [-0.05, 0) is 69.1 Å². The molecule has 0 saturated carbocycles. The maximum absolute atomic E-state index is 13.7. The number of aromatic amines is 1. The van der Waals surface area contributed by atoms with Crippen molar-refractivity contribution in [2.75, 3.05) is 26.7 Å². The lowest BCUT2D eigenvalue weighted by molar-refractivity contribution is -0.134. The smallest absolute Gasteiger partial charge is 0.263 e. The minimum absolute atomic E-state index is 0.118. The second kappa shape index (κ2) is 10.3. The van der Waals surface area contributed by atoms with Crippen LogP contribution in [0.4, 0.5) is 0 Å². The van der Waals surface area contributed by atoms with E-state index in [1.165, 1.54) is 12.0 Å². The minimum Gasteiger partial charge on any atom is -0.504 e. The van der Waals surface area contributed by atoms with Crippen molar-refractivity contribution in [1.29, 1.82) is 0 Å². The highest BCUT2D eigenvalue weighted by molar-refractivity contribution is 6.18. The van der Waals surface area contributed by atoms with Crippen molar-refractivity contribution >= 4 is 22.8 Å². The fourth-order valence-electron chi connectivity index (χ4n) is 5.03. The number of benzene rings is 3. The van der Waals surface area contributed by atoms with Crippen LogP contribution >= 0.6 is 0 Å². The van der Waals surface area contributed by atoms with Crippen molar-refractivity contribution in [2.45, 2.75) is 32.1 Å². The summed E-state index contributed by atoms with van der Waals surface area (Å²) in [4.78, 5) is 36.6. The average Bonchev–Trinajstić information content (AvgIpc) is 3.37. The van der Waals surface area contributed by atoms with Crippen molar-refractivity contribution in [3.63, 3.8) is 0 Å². The molecule has 0 aliphatic carbocycles. The molecule has 3 N–H and O–H groups in total. The zero-order valence-electron chi connectivity index (χ0n) is 21.9. The second-order valence-electron chi connectivity index (χ2n) is 10.1. The maximum Gasteiger partial charge on any atom is 0.263 e. The number of ether oxygens (including phenoxy) is 1. The molecular formula is C30H32N4O4. The number of methoxy groups -OCH3 is 1. The summed E-state index contributed by atoms with van der Waals surface area (Å²) in [6, 6.07) is 18.9. The lowest BCUT2D eigenvalue weighted by Crippen LogP contribution is -2.52. The first-order valence-corrected chi connectivity index (χ1v) is 12.8. The van der Waals surface area contributed by atoms with Gasteiger partial charge in [0.05, 0.1) is 23.6 Å². The van der Waals surface area contributed by atoms with E-state index >= 15 is 0 Å². The predicted octanol–water partition coefficient (Wildman–Crippen LogP) is 4.43. The molecule has 0 saturated heterocycles. The predicted molar refractivity (Wildman–Crippen MR) is 146 cm³/mol. The highest BCUT2D eigenvalue weighted by Crippen LogP contribution is 2.38. The first-order chi connectivity index (χ1) is 18.3. The number of amides is 2. The van der Waals surface area contributed by atoms with Gasteiger partial charge in [0.1, 0.15) is 11.3 Å². The largest absolute Gasteiger partial charge is 0.504 e. The van der Waals surface area contributed by atoms with Gasteiger partial charge in [-0.1, -0.05) is 42.5 Å². The first-order valence-electron chi connectivity index (χ1n) is 12.8. The van der Waals surface area contributed by atoms with Crippen molar-refractivity contribution in [3.8, 4) is 22.9 Å². The van der Waals surface area contributed by atoms with Gasteiger partial charge in [-0.15, -0.1) is 0 Å². The summed E-state index contributed by atoms with van der Waals surface area (Å²) in [6.07, 6.45) is 1.40. The van der Waals surface area contributed by atoms with Gasteiger partial charge in [0.15, 0.2) is 11.5 Å². The van der Waals surface area contributed by atoms with Crippen LogP contribution in [0.3, 0.4) is 0 Å². The van der Waals surface area contributed by atoms with Crippen molar-refractivity contribution in [3.05, 3.63) is 77.4 Å². The number of carbonyl (C=O) groups is 2. The number of nitrogens with zero attached hydrogens (tertiary/aromatic N) is 2. The molecule has 0 fully saturated rings. The Balaban J connectivity index is 1.28. The average molecular weight is 513 g/mol. The van der Waals surface area contributed by atoms with E-state index in [1.54, 1.807) is 6.07 Å². The Labute approximate surface area is 221 Å². The number of imide groups is 1. The summed E-state index contributed by atoms with van der Waals surface area (Å²) in [5.41, 5.74) is 3.72. The molecular weight excluding hydrogens is 480 g/mol. The van der Waals surface area contributed by atoms with Gasteiger partial charge in [-0.3, -0.25) is 14.5 Å². The highest BCUT2D eigenvalue weighted by Gasteiger charge is 2.45. The van der Waals surface area contributed by atoms with E-state index < -0.39 is 5.41 Å². The number of aromatic hydroxyl groups is 1. The normalized spacial score (nSPS) is 14.7. The van der Waals surface area contributed by atoms with Gasteiger partial charge >= 0.3 is 0 Å². The Kier molecular flexibility index (Phi) is 6.91. The SMILES string of the molecule is COc1cc(CCNCCCN2C(=O)c3c(ccc4[nH]c(-c5ccccc5)nc34)C(C)(C)C2=O)ccc1O. The van der Waals surface area contributed by atoms with Crippen molar-refractivity contribution < 1.29 is 19.4 Å². The zero-order chi connectivity index (χ0) is 26.9. The van der Waals surface area contributed by atoms with Gasteiger partial charge in [0.25, 0.3) is 5.91 Å². The second-order valence-corrected chi connectivity index (χ2v) is 10.1. The number of carbonyl (C=O) groups excluding carboxylic acids is 2. The third-order valence-electron chi connectivity index (χ3n) is 7.18. The fraction of sp³-hybridized carbons (Fsp3) is 0.300. The van der Waals surface area contributed by atoms with Gasteiger partial charge in [0, 0.05) is 12.1 Å². The maximum atomic E-state index is 13.7. The molecule has 38 heavy (non-hydrogen) atoms. The van der Waals surface area contributed by atoms with Gasteiger partial charge in [-0.25, -0.2) is 4.98 Å². The molecule has 0 atom stereocenters. The first kappa shape index (κ1) is 25.5. The molecule has 1 aliphatic heterocycles. The molecule has 8 heteroatoms. The number of nitrogens with one attached hydrogen (secondary N) is 2. The number of hydrogen-bond donors (Lipinski definition) is 3. The number of aromatic nitrogens is 2. The third-order valence-corrected chi connectivity index (χ3v) is 7.18. The Hall–Kier alpha value is -4.17. The summed E-state index contributed by atoms with van der Waals surface area (Å²) in [5.74, 6) is 0.780. The fourth-order valence-corrected chi connectivity index (χ4v) is 5.03. The molecule has 1 aromatic heterocycles. The summed E-state index contributed by atoms with van der Waals surface area (Å²) in [7, 11) is 1.53. The number of fused-ring (bicyclic) bond motifs is 3. The van der Waals surface area contributed by atoms with Gasteiger partial charge in [-0.2, -0.15) is 0 Å². The van der Waals surface area contributed by atoms with E-state index in [1.807, 2.05) is 68.4 Å². The monoisotopic (exact) mass is 512 g/mol. The van der Waals surface area contributed by atoms with E-state index in [9.17, 15) is 14.7 Å². The molecule has 3 aromatic carbocycles. The molecule has 5 rings (SSSR count). The molecule has 1 aliphatic rings. The van der Waals surface area contributed by atoms with Gasteiger partial charge in [0.2, 0.25) is 5.91 Å². The third kappa shape index (κ3) is 4.63. The van der Waals surface area contributed by atoms with E-state index in [4.69, 9.17) is 9.72 Å². The minimum atomic E-state index is -0.839. The lowest BCUT2D eigenvalue weighted by Gasteiger charge is -2.37. The van der Waals surface area contributed by atoms with Crippen LogP contribution in [0.25, 0.3) is 22.4 Å². The number of rotatable bonds is 9. The standard InChI is InChI=1S/C30H32N4O4/c1-30(2)21-11-12-22-26(33-27(32-22)20-8-5-4-6-9-20)25(21)28(36)34(29(30)37)17-7-15-31-16-14-19-10-13-23(35)24(18-19)38-3/h4-6,8-13,18,31,35H,7,14-17H2,1-3H3,(H,32,33). The number of imidazole rings is 1. The van der Waals surface area contributed by atoms with E-state index in [0.29, 0.717) is 47.7 Å². The Bertz CT molecular complexity index is 1490. The molecule has 0 unspecified atom stereocenters. The van der Waals surface area contributed by atoms with Crippen molar-refractivity contribution in [1.82, 2.24) is 20.2 Å². The molecule has 2 heterocycles. The van der Waals surface area contributed by atoms with E-state index in [2.05, 4.69) is 10.3 Å². The number of phenols is 1. The number of H-pyrrole nitrogens is 1. The number of phenolic OH excluding ortho intramolecular Hbond substituents is 1. The molecule has 2 amide bonds. The van der Waals surface area contributed by atoms with E-state index in [-0.39, 0.29) is 17.6 Å². The van der Waals surface area contributed by atoms with Crippen molar-refractivity contribution in [2.24, 2.45) is 0 Å². The summed E-state index contributed by atoms with van der Waals surface area (Å²) in [6.45, 7) is 5.44. The molecule has 8 nitrogen and oxygen atoms in total. The lowest BCUT2D eigenvalue weighted by atomic mass is 9.76. The topological polar surface area (TPSA) is 108 Å². The summed E-state index contributed by atoms with van der Waals surface area (Å²) >= 11 is 0. The van der Waals surface area contributed by atoms with Crippen LogP contribution in [0.15, 0.2) is 60.7 Å². The molecule has 4 aromatic rings. The van der Waals surface area contributed by atoms with Crippen LogP contribution in [0, 0.1) is 0 Å². The van der Waals surface area contributed by atoms with Crippen LogP contribution in [0.1, 0.15) is 41.8 Å². The van der Waals surface area contributed by atoms with E-state index in [0.717, 1.165) is 29.6 Å². The van der Waals surface area contributed by atoms with Crippen LogP contribution in [0.5, 0.6) is 11.5 Å². The number of hydrogen-bond acceptors (Lipinski definition) is 6.